The van der Waals surface area contributed by atoms with E-state index in [1.54, 1.807) is 12.1 Å². The molecule has 0 spiro atoms. The Morgan fingerprint density at radius 1 is 1.45 bits per heavy atom. The van der Waals surface area contributed by atoms with Gasteiger partial charge in [0.05, 0.1) is 10.5 Å². The van der Waals surface area contributed by atoms with Gasteiger partial charge in [0.2, 0.25) is 15.9 Å². The van der Waals surface area contributed by atoms with Crippen molar-refractivity contribution < 1.29 is 13.2 Å². The largest absolute Gasteiger partial charge is 0.352 e. The zero-order valence-electron chi connectivity index (χ0n) is 11.0. The number of hydrogen-bond acceptors (Lipinski definition) is 4. The monoisotopic (exact) mass is 293 g/mol. The van der Waals surface area contributed by atoms with Crippen molar-refractivity contribution in [2.24, 2.45) is 0 Å². The Labute approximate surface area is 118 Å². The highest BCUT2D eigenvalue weighted by Gasteiger charge is 2.34. The second-order valence-corrected chi connectivity index (χ2v) is 6.56. The molecule has 1 saturated heterocycles. The molecule has 1 heterocycles. The summed E-state index contributed by atoms with van der Waals surface area (Å²) in [4.78, 5) is 11.0. The van der Waals surface area contributed by atoms with Crippen LogP contribution in [0.1, 0.15) is 18.9 Å². The Balaban J connectivity index is 2.24. The average molecular weight is 293 g/mol. The summed E-state index contributed by atoms with van der Waals surface area (Å²) < 4.78 is 26.3. The van der Waals surface area contributed by atoms with Crippen LogP contribution in [-0.2, 0) is 14.8 Å². The molecular weight excluding hydrogens is 278 g/mol. The van der Waals surface area contributed by atoms with Gasteiger partial charge in [0.25, 0.3) is 0 Å². The summed E-state index contributed by atoms with van der Waals surface area (Å²) in [5, 5.41) is 11.7. The number of sulfonamides is 1. The molecule has 0 saturated carbocycles. The summed E-state index contributed by atoms with van der Waals surface area (Å²) in [7, 11) is -3.69. The molecule has 1 amide bonds. The second kappa shape index (κ2) is 5.61. The molecule has 0 bridgehead atoms. The van der Waals surface area contributed by atoms with Gasteiger partial charge in [-0.2, -0.15) is 9.57 Å². The molecule has 1 unspecified atom stereocenters. The van der Waals surface area contributed by atoms with E-state index in [0.29, 0.717) is 13.0 Å². The highest BCUT2D eigenvalue weighted by molar-refractivity contribution is 7.89. The van der Waals surface area contributed by atoms with Gasteiger partial charge >= 0.3 is 0 Å². The van der Waals surface area contributed by atoms with Gasteiger partial charge in [-0.15, -0.1) is 0 Å². The van der Waals surface area contributed by atoms with Gasteiger partial charge in [-0.1, -0.05) is 12.1 Å². The highest BCUT2D eigenvalue weighted by Crippen LogP contribution is 2.23. The van der Waals surface area contributed by atoms with Crippen molar-refractivity contribution in [2.75, 3.05) is 13.1 Å². The molecule has 1 aromatic rings. The van der Waals surface area contributed by atoms with E-state index in [1.165, 1.54) is 23.4 Å². The van der Waals surface area contributed by atoms with Crippen molar-refractivity contribution in [1.82, 2.24) is 9.62 Å². The van der Waals surface area contributed by atoms with Crippen LogP contribution in [0, 0.1) is 11.3 Å². The van der Waals surface area contributed by atoms with E-state index in [-0.39, 0.29) is 29.0 Å². The highest BCUT2D eigenvalue weighted by atomic mass is 32.2. The fourth-order valence-electron chi connectivity index (χ4n) is 2.27. The fourth-order valence-corrected chi connectivity index (χ4v) is 3.92. The van der Waals surface area contributed by atoms with Gasteiger partial charge in [-0.3, -0.25) is 4.79 Å². The molecule has 1 fully saturated rings. The predicted molar refractivity (Wildman–Crippen MR) is 72.1 cm³/mol. The number of hydrogen-bond donors (Lipinski definition) is 1. The van der Waals surface area contributed by atoms with E-state index < -0.39 is 10.0 Å². The fraction of sp³-hybridized carbons (Fsp3) is 0.385. The SMILES string of the molecule is CC(=O)NC1CCN(S(=O)(=O)c2ccccc2C#N)C1. The Kier molecular flexibility index (Phi) is 4.06. The van der Waals surface area contributed by atoms with E-state index in [2.05, 4.69) is 5.32 Å². The lowest BCUT2D eigenvalue weighted by atomic mass is 10.2. The molecule has 1 aliphatic heterocycles. The van der Waals surface area contributed by atoms with Crippen LogP contribution in [0.2, 0.25) is 0 Å². The minimum absolute atomic E-state index is 0.0194. The van der Waals surface area contributed by atoms with Crippen molar-refractivity contribution in [3.63, 3.8) is 0 Å². The molecule has 2 rings (SSSR count). The van der Waals surface area contributed by atoms with Gasteiger partial charge in [-0.05, 0) is 18.6 Å². The van der Waals surface area contributed by atoms with Crippen LogP contribution in [-0.4, -0.2) is 37.8 Å². The molecule has 6 nitrogen and oxygen atoms in total. The number of benzene rings is 1. The summed E-state index contributed by atoms with van der Waals surface area (Å²) in [5.41, 5.74) is 0.135. The molecule has 1 aromatic carbocycles. The number of carbonyl (C=O) groups excluding carboxylic acids is 1. The number of nitriles is 1. The van der Waals surface area contributed by atoms with Crippen LogP contribution in [0.25, 0.3) is 0 Å². The third-order valence-corrected chi connectivity index (χ3v) is 5.11. The van der Waals surface area contributed by atoms with E-state index in [9.17, 15) is 13.2 Å². The lowest BCUT2D eigenvalue weighted by molar-refractivity contribution is -0.119. The predicted octanol–water partition coefficient (Wildman–Crippen LogP) is 0.457. The first kappa shape index (κ1) is 14.5. The molecule has 106 valence electrons. The first-order chi connectivity index (χ1) is 9.45. The van der Waals surface area contributed by atoms with Gasteiger partial charge in [-0.25, -0.2) is 8.42 Å². The van der Waals surface area contributed by atoms with E-state index in [4.69, 9.17) is 5.26 Å². The molecule has 1 aliphatic rings. The van der Waals surface area contributed by atoms with Crippen LogP contribution in [0.15, 0.2) is 29.2 Å². The Bertz CT molecular complexity index is 664. The van der Waals surface area contributed by atoms with E-state index in [0.717, 1.165) is 0 Å². The standard InChI is InChI=1S/C13H15N3O3S/c1-10(17)15-12-6-7-16(9-12)20(18,19)13-5-3-2-4-11(13)8-14/h2-5,12H,6-7,9H2,1H3,(H,15,17). The maximum atomic E-state index is 12.5. The first-order valence-corrected chi connectivity index (χ1v) is 7.65. The topological polar surface area (TPSA) is 90.3 Å². The maximum Gasteiger partial charge on any atom is 0.244 e. The van der Waals surface area contributed by atoms with Crippen LogP contribution in [0.4, 0.5) is 0 Å². The molecule has 7 heteroatoms. The van der Waals surface area contributed by atoms with E-state index >= 15 is 0 Å². The van der Waals surface area contributed by atoms with Crippen molar-refractivity contribution in [3.8, 4) is 6.07 Å². The minimum Gasteiger partial charge on any atom is -0.352 e. The summed E-state index contributed by atoms with van der Waals surface area (Å²) in [6.45, 7) is 1.98. The van der Waals surface area contributed by atoms with Gasteiger partial charge in [0.1, 0.15) is 6.07 Å². The molecule has 1 N–H and O–H groups in total. The van der Waals surface area contributed by atoms with Crippen molar-refractivity contribution in [3.05, 3.63) is 29.8 Å². The molecule has 0 radical (unpaired) electrons. The Morgan fingerprint density at radius 2 is 2.15 bits per heavy atom. The number of amides is 1. The lowest BCUT2D eigenvalue weighted by Crippen LogP contribution is -2.37. The number of rotatable bonds is 3. The van der Waals surface area contributed by atoms with Gasteiger partial charge < -0.3 is 5.32 Å². The quantitative estimate of drug-likeness (QED) is 0.876. The average Bonchev–Trinajstić information content (AvgIpc) is 2.87. The molecule has 20 heavy (non-hydrogen) atoms. The third-order valence-electron chi connectivity index (χ3n) is 3.18. The van der Waals surface area contributed by atoms with Crippen LogP contribution >= 0.6 is 0 Å². The number of nitrogens with one attached hydrogen (secondary N) is 1. The third kappa shape index (κ3) is 2.81. The van der Waals surface area contributed by atoms with Crippen LogP contribution in [0.3, 0.4) is 0 Å². The Morgan fingerprint density at radius 3 is 2.80 bits per heavy atom. The second-order valence-electron chi connectivity index (χ2n) is 4.66. The summed E-state index contributed by atoms with van der Waals surface area (Å²) in [6, 6.07) is 7.85. The van der Waals surface area contributed by atoms with Gasteiger partial charge in [0.15, 0.2) is 0 Å². The summed E-state index contributed by atoms with van der Waals surface area (Å²) in [5.74, 6) is -0.174. The minimum atomic E-state index is -3.69. The number of nitrogens with zero attached hydrogens (tertiary/aromatic N) is 2. The summed E-state index contributed by atoms with van der Waals surface area (Å²) >= 11 is 0. The maximum absolute atomic E-state index is 12.5. The Hall–Kier alpha value is -1.91. The zero-order chi connectivity index (χ0) is 14.8. The zero-order valence-corrected chi connectivity index (χ0v) is 11.9. The lowest BCUT2D eigenvalue weighted by Gasteiger charge is -2.17. The van der Waals surface area contributed by atoms with E-state index in [1.807, 2.05) is 6.07 Å². The van der Waals surface area contributed by atoms with Crippen LogP contribution < -0.4 is 5.32 Å². The normalized spacial score (nSPS) is 19.5. The first-order valence-electron chi connectivity index (χ1n) is 6.21. The number of carbonyl (C=O) groups is 1. The van der Waals surface area contributed by atoms with Gasteiger partial charge in [0, 0.05) is 26.1 Å². The van der Waals surface area contributed by atoms with Crippen LogP contribution in [0.5, 0.6) is 0 Å². The summed E-state index contributed by atoms with van der Waals surface area (Å²) in [6.07, 6.45) is 0.577. The molecular formula is C13H15N3O3S. The molecule has 0 aromatic heterocycles. The molecule has 1 atom stereocenters. The van der Waals surface area contributed by atoms with Crippen molar-refractivity contribution >= 4 is 15.9 Å². The molecule has 0 aliphatic carbocycles. The smallest absolute Gasteiger partial charge is 0.244 e. The van der Waals surface area contributed by atoms with Crippen molar-refractivity contribution in [1.29, 1.82) is 5.26 Å². The van der Waals surface area contributed by atoms with Crippen molar-refractivity contribution in [2.45, 2.75) is 24.3 Å².